The van der Waals surface area contributed by atoms with Crippen LogP contribution in [-0.2, 0) is 23.0 Å². The SMILES string of the molecule is CCn1cc[n+](C)c1.COC[B-](C#N)(C#N)OC. The second kappa shape index (κ2) is 8.29. The first-order valence-corrected chi connectivity index (χ1v) is 5.61. The molecule has 0 aromatic carbocycles. The van der Waals surface area contributed by atoms with E-state index in [2.05, 4.69) is 28.8 Å². The van der Waals surface area contributed by atoms with Crippen LogP contribution in [0.5, 0.6) is 0 Å². The summed E-state index contributed by atoms with van der Waals surface area (Å²) in [5.74, 6) is 3.54. The number of aromatic nitrogens is 2. The Kier molecular flexibility index (Phi) is 7.45. The Balaban J connectivity index is 0.000000327. The first kappa shape index (κ1) is 16.2. The number of nitriles is 2. The molecule has 0 spiro atoms. The Labute approximate surface area is 108 Å². The summed E-state index contributed by atoms with van der Waals surface area (Å²) in [4.78, 5) is 0. The molecule has 0 saturated carbocycles. The van der Waals surface area contributed by atoms with Gasteiger partial charge in [0.2, 0.25) is 6.33 Å². The van der Waals surface area contributed by atoms with E-state index in [-0.39, 0.29) is 6.51 Å². The van der Waals surface area contributed by atoms with Gasteiger partial charge in [-0.25, -0.2) is 19.7 Å². The molecular weight excluding hydrogens is 231 g/mol. The highest BCUT2D eigenvalue weighted by Crippen LogP contribution is 1.99. The van der Waals surface area contributed by atoms with Crippen molar-refractivity contribution in [2.24, 2.45) is 7.05 Å². The minimum absolute atomic E-state index is 0.0312. The van der Waals surface area contributed by atoms with Crippen LogP contribution in [-0.4, -0.2) is 31.6 Å². The quantitative estimate of drug-likeness (QED) is 0.566. The minimum Gasteiger partial charge on any atom is -0.569 e. The molecule has 0 N–H and O–H groups in total. The third-order valence-electron chi connectivity index (χ3n) is 2.41. The van der Waals surface area contributed by atoms with Crippen molar-refractivity contribution in [2.45, 2.75) is 13.5 Å². The standard InChI is InChI=1S/C6H11N2.C5H8BN2O2/c1-3-8-5-4-7(2)6-8;1-9-5-6(3-7,4-8)10-2/h4-6H,3H2,1-2H3;5H2,1-2H3/q+1;-1. The summed E-state index contributed by atoms with van der Waals surface area (Å²) in [6, 6.07) is 0. The molecule has 1 rings (SSSR count). The van der Waals surface area contributed by atoms with Gasteiger partial charge in [-0.15, -0.1) is 0 Å². The molecule has 1 heterocycles. The highest BCUT2D eigenvalue weighted by molar-refractivity contribution is 6.87. The molecule has 0 saturated heterocycles. The monoisotopic (exact) mass is 250 g/mol. The van der Waals surface area contributed by atoms with Crippen molar-refractivity contribution in [1.82, 2.24) is 4.57 Å². The zero-order valence-corrected chi connectivity index (χ0v) is 11.3. The molecule has 0 unspecified atom stereocenters. The van der Waals surface area contributed by atoms with Gasteiger partial charge in [-0.2, -0.15) is 0 Å². The van der Waals surface area contributed by atoms with Gasteiger partial charge in [-0.1, -0.05) is 11.9 Å². The first-order chi connectivity index (χ1) is 8.57. The Morgan fingerprint density at radius 1 is 1.33 bits per heavy atom. The molecule has 0 aliphatic rings. The maximum Gasteiger partial charge on any atom is 0.338 e. The third kappa shape index (κ3) is 5.00. The highest BCUT2D eigenvalue weighted by Gasteiger charge is 2.23. The van der Waals surface area contributed by atoms with E-state index < -0.39 is 6.35 Å². The van der Waals surface area contributed by atoms with Gasteiger partial charge in [-0.05, 0) is 20.5 Å². The summed E-state index contributed by atoms with van der Waals surface area (Å²) in [5.41, 5.74) is 0. The van der Waals surface area contributed by atoms with Crippen LogP contribution in [0.25, 0.3) is 0 Å². The van der Waals surface area contributed by atoms with Gasteiger partial charge < -0.3 is 9.39 Å². The van der Waals surface area contributed by atoms with Crippen LogP contribution in [0.3, 0.4) is 0 Å². The van der Waals surface area contributed by atoms with Crippen LogP contribution in [0, 0.1) is 22.5 Å². The number of imidazole rings is 1. The van der Waals surface area contributed by atoms with Gasteiger partial charge in [0.05, 0.1) is 13.6 Å². The van der Waals surface area contributed by atoms with E-state index in [0.717, 1.165) is 6.54 Å². The van der Waals surface area contributed by atoms with Gasteiger partial charge in [-0.3, -0.25) is 0 Å². The van der Waals surface area contributed by atoms with E-state index in [1.165, 1.54) is 14.2 Å². The number of ether oxygens (including phenoxy) is 1. The molecule has 18 heavy (non-hydrogen) atoms. The number of hydrogen-bond acceptors (Lipinski definition) is 4. The average Bonchev–Trinajstić information content (AvgIpc) is 2.83. The second-order valence-corrected chi connectivity index (χ2v) is 3.81. The van der Waals surface area contributed by atoms with Crippen LogP contribution in [0.2, 0.25) is 0 Å². The fraction of sp³-hybridized carbons (Fsp3) is 0.545. The predicted octanol–water partition coefficient (Wildman–Crippen LogP) is 0.222. The number of hydrogen-bond donors (Lipinski definition) is 0. The second-order valence-electron chi connectivity index (χ2n) is 3.81. The van der Waals surface area contributed by atoms with Crippen molar-refractivity contribution in [3.8, 4) is 11.9 Å². The summed E-state index contributed by atoms with van der Waals surface area (Å²) in [7, 11) is 4.77. The Morgan fingerprint density at radius 3 is 2.11 bits per heavy atom. The largest absolute Gasteiger partial charge is 0.569 e. The van der Waals surface area contributed by atoms with Crippen molar-refractivity contribution in [3.05, 3.63) is 18.7 Å². The number of aryl methyl sites for hydroxylation is 2. The molecule has 98 valence electrons. The fourth-order valence-electron chi connectivity index (χ4n) is 1.20. The summed E-state index contributed by atoms with van der Waals surface area (Å²) >= 11 is 0. The molecule has 0 fully saturated rings. The lowest BCUT2D eigenvalue weighted by atomic mass is 9.44. The summed E-state index contributed by atoms with van der Waals surface area (Å²) in [5, 5.41) is 16.9. The van der Waals surface area contributed by atoms with E-state index in [9.17, 15) is 0 Å². The van der Waals surface area contributed by atoms with E-state index in [1.807, 2.05) is 17.8 Å². The smallest absolute Gasteiger partial charge is 0.338 e. The van der Waals surface area contributed by atoms with Gasteiger partial charge in [0.15, 0.2) is 0 Å². The molecular formula is C11H19BN4O2. The molecule has 0 aliphatic carbocycles. The van der Waals surface area contributed by atoms with E-state index in [0.29, 0.717) is 0 Å². The lowest BCUT2D eigenvalue weighted by Gasteiger charge is -2.21. The van der Waals surface area contributed by atoms with E-state index in [4.69, 9.17) is 15.2 Å². The lowest BCUT2D eigenvalue weighted by molar-refractivity contribution is -0.671. The molecule has 1 aromatic heterocycles. The van der Waals surface area contributed by atoms with E-state index in [1.54, 1.807) is 11.9 Å². The van der Waals surface area contributed by atoms with Crippen LogP contribution < -0.4 is 4.57 Å². The number of methoxy groups -OCH3 is 1. The van der Waals surface area contributed by atoms with Crippen LogP contribution in [0.4, 0.5) is 0 Å². The van der Waals surface area contributed by atoms with Gasteiger partial charge in [0, 0.05) is 7.11 Å². The van der Waals surface area contributed by atoms with Crippen molar-refractivity contribution in [1.29, 1.82) is 10.5 Å². The van der Waals surface area contributed by atoms with Crippen LogP contribution in [0.1, 0.15) is 6.92 Å². The Hall–Kier alpha value is -1.83. The molecule has 7 heteroatoms. The zero-order valence-electron chi connectivity index (χ0n) is 11.3. The van der Waals surface area contributed by atoms with Crippen molar-refractivity contribution in [2.75, 3.05) is 20.7 Å². The average molecular weight is 250 g/mol. The van der Waals surface area contributed by atoms with Crippen molar-refractivity contribution < 1.29 is 14.0 Å². The van der Waals surface area contributed by atoms with Gasteiger partial charge in [0.25, 0.3) is 0 Å². The van der Waals surface area contributed by atoms with Crippen LogP contribution in [0.15, 0.2) is 18.7 Å². The molecule has 0 aliphatic heterocycles. The Morgan fingerprint density at radius 2 is 1.94 bits per heavy atom. The fourth-order valence-corrected chi connectivity index (χ4v) is 1.20. The predicted molar refractivity (Wildman–Crippen MR) is 67.1 cm³/mol. The maximum absolute atomic E-state index is 8.46. The zero-order chi connectivity index (χ0) is 14.0. The number of rotatable bonds is 4. The third-order valence-corrected chi connectivity index (χ3v) is 2.41. The minimum atomic E-state index is -2.06. The molecule has 1 aromatic rings. The Bertz CT molecular complexity index is 419. The van der Waals surface area contributed by atoms with Crippen molar-refractivity contribution >= 4 is 6.35 Å². The molecule has 6 nitrogen and oxygen atoms in total. The van der Waals surface area contributed by atoms with Gasteiger partial charge in [0.1, 0.15) is 12.4 Å². The first-order valence-electron chi connectivity index (χ1n) is 5.61. The summed E-state index contributed by atoms with van der Waals surface area (Å²) < 4.78 is 13.5. The highest BCUT2D eigenvalue weighted by atomic mass is 16.5. The molecule has 0 bridgehead atoms. The number of nitrogens with zero attached hydrogens (tertiary/aromatic N) is 4. The topological polar surface area (TPSA) is 74.9 Å². The molecule has 0 amide bonds. The maximum atomic E-state index is 8.46. The van der Waals surface area contributed by atoms with Crippen LogP contribution >= 0.6 is 0 Å². The summed E-state index contributed by atoms with van der Waals surface area (Å²) in [6.45, 7) is 3.21. The molecule has 0 radical (unpaired) electrons. The van der Waals surface area contributed by atoms with Gasteiger partial charge >= 0.3 is 6.35 Å². The normalized spacial score (nSPS) is 9.89. The van der Waals surface area contributed by atoms with Crippen molar-refractivity contribution in [3.63, 3.8) is 0 Å². The molecule has 0 atom stereocenters. The summed E-state index contributed by atoms with van der Waals surface area (Å²) in [6.07, 6.45) is 4.08. The lowest BCUT2D eigenvalue weighted by Crippen LogP contribution is -2.40. The van der Waals surface area contributed by atoms with E-state index >= 15 is 0 Å².